The Bertz CT molecular complexity index is 2340. The number of hydrogen-bond donors (Lipinski definition) is 5. The lowest BCUT2D eigenvalue weighted by molar-refractivity contribution is -0.880. The number of aliphatic carboxylic acids is 1. The summed E-state index contributed by atoms with van der Waals surface area (Å²) >= 11 is 0. The zero-order chi connectivity index (χ0) is 90.3. The molecule has 0 aromatic heterocycles. The fourth-order valence-electron chi connectivity index (χ4n) is 15.4. The number of nitrogens with one attached hydrogen (secondary N) is 5. The first-order chi connectivity index (χ1) is 57.7. The van der Waals surface area contributed by atoms with Crippen LogP contribution in [-0.2, 0) is 52.3 Å². The van der Waals surface area contributed by atoms with Crippen molar-refractivity contribution in [3.63, 3.8) is 0 Å². The van der Waals surface area contributed by atoms with Gasteiger partial charge in [0.1, 0.15) is 20.2 Å². The van der Waals surface area contributed by atoms with E-state index in [2.05, 4.69) is 55.8 Å². The molecule has 5 atom stereocenters. The van der Waals surface area contributed by atoms with Gasteiger partial charge in [-0.3, -0.25) is 9.13 Å². The maximum Gasteiger partial charge on any atom is 0.330 e. The van der Waals surface area contributed by atoms with E-state index >= 15 is 0 Å². The summed E-state index contributed by atoms with van der Waals surface area (Å²) in [6, 6.07) is 0. The lowest BCUT2D eigenvalue weighted by Crippen LogP contribution is -3.09. The molecule has 25 heteroatoms. The maximum atomic E-state index is 12.4. The molecule has 0 rings (SSSR count). The fraction of sp³-hybridized carbons (Fsp3) is 0.990. The second-order valence-electron chi connectivity index (χ2n) is 35.8. The van der Waals surface area contributed by atoms with Gasteiger partial charge in [0.05, 0.1) is 151 Å². The summed E-state index contributed by atoms with van der Waals surface area (Å²) in [5.41, 5.74) is 0. The van der Waals surface area contributed by atoms with E-state index in [0.29, 0.717) is 51.8 Å². The molecular weight excluding hydrogens is 1740 g/mol. The van der Waals surface area contributed by atoms with Crippen LogP contribution in [0, 0.1) is 0 Å². The van der Waals surface area contributed by atoms with E-state index in [1.165, 1.54) is 407 Å². The third kappa shape index (κ3) is 122. The van der Waals surface area contributed by atoms with E-state index in [0.717, 1.165) is 74.6 Å². The van der Waals surface area contributed by atoms with Gasteiger partial charge < -0.3 is 95.6 Å². The number of rotatable bonds is 91. The van der Waals surface area contributed by atoms with E-state index < -0.39 is 41.4 Å². The molecule has 0 radical (unpaired) electrons. The molecule has 0 aliphatic carbocycles. The molecule has 0 amide bonds. The molecule has 0 aromatic carbocycles. The first-order valence-corrected chi connectivity index (χ1v) is 58.2. The smallest absolute Gasteiger partial charge is 0.330 e. The van der Waals surface area contributed by atoms with Crippen LogP contribution in [-0.4, -0.2) is 183 Å². The zero-order valence-electron chi connectivity index (χ0n) is 83.2. The van der Waals surface area contributed by atoms with E-state index in [1.54, 1.807) is 0 Å². The van der Waals surface area contributed by atoms with Crippen molar-refractivity contribution in [1.82, 2.24) is 0 Å². The largest absolute Gasteiger partial charge is 1.00 e. The standard InChI is InChI=1S/C24H52NO3P.C22H48NO3P.C19H39NO2.C17H37NO3S.C15H33NO3S.2BrH/c1-5-8-9-10-11-12-13-14-15-16-17-18-19-20-22-25(4)23-21-24-29(26,27-6-2)28-7-3;1-5-8-9-10-11-12-13-14-15-16-17-18-20-23(4)21-19-22-27(24,25-6-2)26-7-3;1-3-4-5-6-7-8-9-10-11-12-13-14-17-20(2)18-15-16-19(21)22;1-3-4-5-6-7-8-9-10-11-12-13-14-15-18(2)16-17-22(19,20)21;1-3-4-5-6-7-8-9-10-11-12-13-16(2)14-15-20(17,18)19;;/h5-24H2,1-4H3;5-22H2,1-4H3;3-18H2,1-2H3,(H,21,22);3-17H2,1-2H3,(H,19,20,21);3-15H2,1-2H3,(H,17,18,19);2*1H. The molecule has 0 spiro atoms. The van der Waals surface area contributed by atoms with Crippen molar-refractivity contribution in [3.05, 3.63) is 0 Å². The Hall–Kier alpha value is 0.350. The van der Waals surface area contributed by atoms with Crippen molar-refractivity contribution >= 4 is 41.4 Å². The highest BCUT2D eigenvalue weighted by molar-refractivity contribution is 7.85. The first-order valence-electron chi connectivity index (χ1n) is 51.6. The molecule has 0 saturated heterocycles. The molecule has 122 heavy (non-hydrogen) atoms. The monoisotopic (exact) mass is 1950 g/mol. The lowest BCUT2D eigenvalue weighted by atomic mass is 10.0. The highest BCUT2D eigenvalue weighted by Gasteiger charge is 2.25. The van der Waals surface area contributed by atoms with E-state index in [1.807, 2.05) is 41.8 Å². The number of quaternary nitrogens is 5. The summed E-state index contributed by atoms with van der Waals surface area (Å²) in [4.78, 5) is 17.1. The fourth-order valence-corrected chi connectivity index (χ4v) is 19.9. The Morgan fingerprint density at radius 2 is 0.377 bits per heavy atom. The zero-order valence-corrected chi connectivity index (χ0v) is 89.8. The number of halogens is 2. The lowest BCUT2D eigenvalue weighted by Gasteiger charge is -2.18. The Kier molecular flexibility index (Phi) is 118. The summed E-state index contributed by atoms with van der Waals surface area (Å²) in [6.45, 7) is 30.1. The number of carbonyl (C=O) groups is 1. The molecule has 0 fully saturated rings. The molecule has 5 unspecified atom stereocenters. The van der Waals surface area contributed by atoms with Crippen molar-refractivity contribution in [3.8, 4) is 0 Å². The molecule has 0 heterocycles. The highest BCUT2D eigenvalue weighted by atomic mass is 79.9. The number of carboxylic acid groups (broad SMARTS) is 1. The van der Waals surface area contributed by atoms with Gasteiger partial charge in [0.2, 0.25) is 0 Å². The van der Waals surface area contributed by atoms with Gasteiger partial charge in [-0.05, 0) is 98.3 Å². The Balaban J connectivity index is -0.000000272. The van der Waals surface area contributed by atoms with Crippen molar-refractivity contribution in [2.24, 2.45) is 0 Å². The predicted molar refractivity (Wildman–Crippen MR) is 513 cm³/mol. The summed E-state index contributed by atoms with van der Waals surface area (Å²) in [6.07, 6.45) is 86.1. The van der Waals surface area contributed by atoms with Crippen LogP contribution in [0.2, 0.25) is 0 Å². The SMILES string of the molecule is CCCCCCCCCCCCCCCC[NH+](C)CCCP(=O)(OCC)OCC.CCCCCCCCCCCCCC[NH+](C)CCCC(=O)[O-].CCCCCCCCCCCCCC[NH+](C)CCCP(=O)(OCC)OCC.CCCCCCCCCCCCCC[NH+](C)CCS(=O)(=O)[O-].CCCCCCCCCCCC[NH+](C)CCS(=O)(=O)[O-].[Br-].[Br-]. The quantitative estimate of drug-likeness (QED) is 0.0216. The normalized spacial score (nSPS) is 12.9. The van der Waals surface area contributed by atoms with E-state index in [4.69, 9.17) is 18.1 Å². The van der Waals surface area contributed by atoms with Crippen LogP contribution < -0.4 is 63.6 Å². The van der Waals surface area contributed by atoms with Crippen LogP contribution in [0.25, 0.3) is 0 Å². The van der Waals surface area contributed by atoms with Gasteiger partial charge >= 0.3 is 15.2 Å². The summed E-state index contributed by atoms with van der Waals surface area (Å²) in [5.74, 6) is -1.40. The second kappa shape index (κ2) is 107. The predicted octanol–water partition coefficient (Wildman–Crippen LogP) is 14.0. The minimum atomic E-state index is -4.05. The average molecular weight is 1960 g/mol. The van der Waals surface area contributed by atoms with Crippen LogP contribution >= 0.6 is 15.2 Å². The topological polar surface area (TPSA) is 248 Å². The molecule has 744 valence electrons. The average Bonchev–Trinajstić information content (AvgIpc) is 0.915. The van der Waals surface area contributed by atoms with Gasteiger partial charge in [-0.25, -0.2) is 16.8 Å². The minimum absolute atomic E-state index is 0. The number of hydrogen-bond acceptors (Lipinski definition) is 14. The molecular formula is C97H211Br2N5O14P2S2. The third-order valence-corrected chi connectivity index (χ3v) is 28.9. The van der Waals surface area contributed by atoms with Crippen molar-refractivity contribution < 1.29 is 122 Å². The maximum absolute atomic E-state index is 12.4. The van der Waals surface area contributed by atoms with Crippen LogP contribution in [0.15, 0.2) is 0 Å². The van der Waals surface area contributed by atoms with Gasteiger partial charge in [-0.15, -0.1) is 0 Å². The Labute approximate surface area is 781 Å². The second-order valence-corrected chi connectivity index (χ2v) is 43.2. The van der Waals surface area contributed by atoms with Gasteiger partial charge in [-0.2, -0.15) is 0 Å². The third-order valence-electron chi connectivity index (χ3n) is 23.2. The van der Waals surface area contributed by atoms with Gasteiger partial charge in [0, 0.05) is 25.2 Å². The summed E-state index contributed by atoms with van der Waals surface area (Å²) < 4.78 is 109. The molecule has 0 bridgehead atoms. The summed E-state index contributed by atoms with van der Waals surface area (Å²) in [5, 5.41) is 10.3. The van der Waals surface area contributed by atoms with Crippen molar-refractivity contribution in [2.45, 2.75) is 473 Å². The van der Waals surface area contributed by atoms with Gasteiger partial charge in [0.15, 0.2) is 0 Å². The number of carboxylic acids is 1. The molecule has 5 N–H and O–H groups in total. The molecule has 0 aromatic rings. The molecule has 0 aliphatic rings. The molecule has 19 nitrogen and oxygen atoms in total. The highest BCUT2D eigenvalue weighted by Crippen LogP contribution is 2.49. The molecule has 0 aliphatic heterocycles. The van der Waals surface area contributed by atoms with Crippen molar-refractivity contribution in [2.75, 3.05) is 151 Å². The van der Waals surface area contributed by atoms with E-state index in [9.17, 15) is 45.0 Å². The van der Waals surface area contributed by atoms with Gasteiger partial charge in [0.25, 0.3) is 0 Å². The van der Waals surface area contributed by atoms with Crippen LogP contribution in [0.4, 0.5) is 0 Å². The van der Waals surface area contributed by atoms with Crippen LogP contribution in [0.5, 0.6) is 0 Å². The van der Waals surface area contributed by atoms with Crippen LogP contribution in [0.1, 0.15) is 473 Å². The minimum Gasteiger partial charge on any atom is -1.00 e. The van der Waals surface area contributed by atoms with Crippen LogP contribution in [0.3, 0.4) is 0 Å². The number of unbranched alkanes of at least 4 members (excludes halogenated alkanes) is 55. The Morgan fingerprint density at radius 1 is 0.238 bits per heavy atom. The van der Waals surface area contributed by atoms with Crippen molar-refractivity contribution in [1.29, 1.82) is 0 Å². The Morgan fingerprint density at radius 3 is 0.525 bits per heavy atom. The first kappa shape index (κ1) is 135. The van der Waals surface area contributed by atoms with Gasteiger partial charge in [-0.1, -0.05) is 356 Å². The number of carbonyl (C=O) groups excluding carboxylic acids is 1. The summed E-state index contributed by atoms with van der Waals surface area (Å²) in [7, 11) is -3.22. The molecule has 0 saturated carbocycles. The van der Waals surface area contributed by atoms with E-state index in [-0.39, 0.29) is 51.9 Å².